The first kappa shape index (κ1) is 30.8. The molecule has 2 unspecified atom stereocenters. The fourth-order valence-electron chi connectivity index (χ4n) is 4.98. The normalized spacial score (nSPS) is 19.2. The molecule has 2 aliphatic rings. The van der Waals surface area contributed by atoms with Crippen LogP contribution in [0, 0.1) is 11.5 Å². The number of rotatable bonds is 8. The van der Waals surface area contributed by atoms with E-state index in [9.17, 15) is 9.59 Å². The molecular formula is C31H45N5O2. The maximum atomic E-state index is 13.4. The third kappa shape index (κ3) is 8.86. The Bertz CT molecular complexity index is 1010. The Morgan fingerprint density at radius 2 is 1.84 bits per heavy atom. The Kier molecular flexibility index (Phi) is 12.3. The fraction of sp³-hybridized carbons (Fsp3) is 0.548. The van der Waals surface area contributed by atoms with Gasteiger partial charge in [-0.25, -0.2) is 0 Å². The molecular weight excluding hydrogens is 474 g/mol. The van der Waals surface area contributed by atoms with E-state index in [1.807, 2.05) is 37.2 Å². The van der Waals surface area contributed by atoms with Crippen molar-refractivity contribution in [1.82, 2.24) is 10.2 Å². The molecule has 1 saturated heterocycles. The molecule has 1 N–H and O–H groups in total. The van der Waals surface area contributed by atoms with E-state index in [1.165, 1.54) is 29.7 Å². The first-order valence-corrected chi connectivity index (χ1v) is 13.7. The van der Waals surface area contributed by atoms with Gasteiger partial charge in [-0.1, -0.05) is 64.3 Å². The number of nitrogens with one attached hydrogen (secondary N) is 1. The molecule has 1 aromatic carbocycles. The van der Waals surface area contributed by atoms with Crippen LogP contribution in [-0.2, 0) is 15.0 Å². The highest BCUT2D eigenvalue weighted by Crippen LogP contribution is 2.27. The number of nitriles is 1. The number of allylic oxidation sites excluding steroid dienone is 1. The lowest BCUT2D eigenvalue weighted by molar-refractivity contribution is -0.122. The minimum atomic E-state index is -0.459. The Balaban J connectivity index is 0.000000474. The molecule has 0 bridgehead atoms. The maximum Gasteiger partial charge on any atom is 0.247 e. The molecule has 0 spiro atoms. The van der Waals surface area contributed by atoms with Crippen LogP contribution in [0.15, 0.2) is 53.2 Å². The van der Waals surface area contributed by atoms with Crippen molar-refractivity contribution in [1.29, 1.82) is 5.26 Å². The van der Waals surface area contributed by atoms with Gasteiger partial charge in [-0.2, -0.15) is 5.26 Å². The van der Waals surface area contributed by atoms with Gasteiger partial charge in [0.2, 0.25) is 5.91 Å². The summed E-state index contributed by atoms with van der Waals surface area (Å²) in [4.78, 5) is 31.0. The van der Waals surface area contributed by atoms with E-state index in [0.717, 1.165) is 49.8 Å². The first-order chi connectivity index (χ1) is 18.2. The minimum absolute atomic E-state index is 0.0206. The van der Waals surface area contributed by atoms with Crippen LogP contribution in [0.5, 0.6) is 0 Å². The predicted molar refractivity (Wildman–Crippen MR) is 156 cm³/mol. The number of nitrogens with zero attached hydrogens (tertiary/aromatic N) is 4. The van der Waals surface area contributed by atoms with E-state index in [-0.39, 0.29) is 23.4 Å². The number of amides is 1. The number of benzene rings is 1. The van der Waals surface area contributed by atoms with Gasteiger partial charge in [0.1, 0.15) is 12.3 Å². The Labute approximate surface area is 229 Å². The summed E-state index contributed by atoms with van der Waals surface area (Å²) in [5.41, 5.74) is 3.20. The number of hydrogen-bond donors (Lipinski definition) is 1. The molecule has 2 atom stereocenters. The number of aliphatic imine (C=N–C) groups is 1. The van der Waals surface area contributed by atoms with Crippen LogP contribution in [0.4, 0.5) is 5.69 Å². The summed E-state index contributed by atoms with van der Waals surface area (Å²) in [7, 11) is 1.97. The number of aldehydes is 1. The van der Waals surface area contributed by atoms with E-state index in [0.29, 0.717) is 0 Å². The molecule has 2 fully saturated rings. The van der Waals surface area contributed by atoms with Crippen LogP contribution in [-0.4, -0.2) is 55.5 Å². The maximum absolute atomic E-state index is 13.4. The van der Waals surface area contributed by atoms with Crippen LogP contribution >= 0.6 is 0 Å². The van der Waals surface area contributed by atoms with E-state index >= 15 is 0 Å². The van der Waals surface area contributed by atoms with E-state index < -0.39 is 6.04 Å². The second-order valence-corrected chi connectivity index (χ2v) is 11.1. The molecule has 3 rings (SSSR count). The number of anilines is 1. The summed E-state index contributed by atoms with van der Waals surface area (Å²) >= 11 is 0. The topological polar surface area (TPSA) is 88.8 Å². The van der Waals surface area contributed by atoms with Crippen molar-refractivity contribution in [2.45, 2.75) is 96.2 Å². The van der Waals surface area contributed by atoms with Crippen molar-refractivity contribution in [3.05, 3.63) is 53.8 Å². The van der Waals surface area contributed by atoms with Crippen molar-refractivity contribution in [2.24, 2.45) is 4.99 Å². The lowest BCUT2D eigenvalue weighted by atomic mass is 9.87. The zero-order valence-corrected chi connectivity index (χ0v) is 23.8. The van der Waals surface area contributed by atoms with Crippen molar-refractivity contribution in [3.63, 3.8) is 0 Å². The van der Waals surface area contributed by atoms with Gasteiger partial charge in [0.25, 0.3) is 0 Å². The number of likely N-dealkylation sites (tertiary alicyclic amines) is 1. The van der Waals surface area contributed by atoms with Crippen molar-refractivity contribution >= 4 is 24.6 Å². The minimum Gasteiger partial charge on any atom is -0.359 e. The average Bonchev–Trinajstić information content (AvgIpc) is 3.38. The number of carbonyl (C=O) groups is 2. The summed E-state index contributed by atoms with van der Waals surface area (Å²) in [6.07, 6.45) is 15.9. The van der Waals surface area contributed by atoms with Gasteiger partial charge < -0.3 is 19.9 Å². The van der Waals surface area contributed by atoms with Gasteiger partial charge in [0.15, 0.2) is 6.19 Å². The molecule has 1 saturated carbocycles. The summed E-state index contributed by atoms with van der Waals surface area (Å²) in [6.45, 7) is 12.9. The van der Waals surface area contributed by atoms with E-state index in [2.05, 4.69) is 62.1 Å². The van der Waals surface area contributed by atoms with E-state index in [1.54, 1.807) is 6.20 Å². The van der Waals surface area contributed by atoms with Crippen LogP contribution in [0.3, 0.4) is 0 Å². The van der Waals surface area contributed by atoms with Crippen LogP contribution in [0.25, 0.3) is 0 Å². The SMILES string of the molecule is C=N/C=C(\C=C/C)C(C(=O)NC1CCCCC1)N(C)c1ccc(C(C)(C)C)cc1.N#CN1CCCC1C=O. The first-order valence-electron chi connectivity index (χ1n) is 13.7. The van der Waals surface area contributed by atoms with Gasteiger partial charge in [-0.05, 0) is 62.4 Å². The molecule has 7 heteroatoms. The van der Waals surface area contributed by atoms with Crippen molar-refractivity contribution in [2.75, 3.05) is 18.5 Å². The third-order valence-electron chi connectivity index (χ3n) is 7.23. The summed E-state index contributed by atoms with van der Waals surface area (Å²) in [6, 6.07) is 8.15. The van der Waals surface area contributed by atoms with Crippen LogP contribution in [0.2, 0.25) is 0 Å². The predicted octanol–water partition coefficient (Wildman–Crippen LogP) is 5.53. The molecule has 1 aliphatic carbocycles. The molecule has 1 aromatic rings. The second kappa shape index (κ2) is 15.1. The van der Waals surface area contributed by atoms with Crippen molar-refractivity contribution in [3.8, 4) is 6.19 Å². The van der Waals surface area contributed by atoms with Crippen molar-refractivity contribution < 1.29 is 9.59 Å². The number of likely N-dealkylation sites (N-methyl/N-ethyl adjacent to an activating group) is 1. The largest absolute Gasteiger partial charge is 0.359 e. The lowest BCUT2D eigenvalue weighted by Crippen LogP contribution is -2.49. The van der Waals surface area contributed by atoms with E-state index in [4.69, 9.17) is 5.26 Å². The van der Waals surface area contributed by atoms with Crippen LogP contribution < -0.4 is 10.2 Å². The molecule has 0 radical (unpaired) electrons. The summed E-state index contributed by atoms with van der Waals surface area (Å²) in [5.74, 6) is 0.0206. The highest BCUT2D eigenvalue weighted by molar-refractivity contribution is 5.89. The highest BCUT2D eigenvalue weighted by Gasteiger charge is 2.29. The number of carbonyl (C=O) groups excluding carboxylic acids is 2. The van der Waals surface area contributed by atoms with Gasteiger partial charge in [0.05, 0.1) is 6.04 Å². The molecule has 1 aliphatic heterocycles. The molecule has 7 nitrogen and oxygen atoms in total. The number of hydrogen-bond acceptors (Lipinski definition) is 6. The molecule has 1 heterocycles. The second-order valence-electron chi connectivity index (χ2n) is 11.1. The Hall–Kier alpha value is -3.40. The van der Waals surface area contributed by atoms with Gasteiger partial charge >= 0.3 is 0 Å². The van der Waals surface area contributed by atoms with Gasteiger partial charge in [0, 0.05) is 37.1 Å². The molecule has 0 aromatic heterocycles. The van der Waals surface area contributed by atoms with Gasteiger partial charge in [-0.15, -0.1) is 0 Å². The highest BCUT2D eigenvalue weighted by atomic mass is 16.2. The quantitative estimate of drug-likeness (QED) is 0.211. The smallest absolute Gasteiger partial charge is 0.247 e. The Morgan fingerprint density at radius 1 is 1.18 bits per heavy atom. The monoisotopic (exact) mass is 519 g/mol. The zero-order valence-electron chi connectivity index (χ0n) is 23.8. The molecule has 206 valence electrons. The van der Waals surface area contributed by atoms with Crippen LogP contribution in [0.1, 0.15) is 78.2 Å². The standard InChI is InChI=1S/C25H37N3O.C6H8N2O/c1-7-11-19(18-26-5)23(24(29)27-21-12-9-8-10-13-21)28(6)22-16-14-20(15-17-22)25(2,3)4;7-5-8-3-1-2-6(8)4-9/h7,11,14-18,21,23H,5,8-10,12-13H2,1-4,6H3,(H,27,29);4,6H,1-3H2/b11-7-,19-18+;. The lowest BCUT2D eigenvalue weighted by Gasteiger charge is -2.33. The Morgan fingerprint density at radius 3 is 2.34 bits per heavy atom. The molecule has 38 heavy (non-hydrogen) atoms. The average molecular weight is 520 g/mol. The summed E-state index contributed by atoms with van der Waals surface area (Å²) in [5, 5.41) is 11.7. The molecule has 1 amide bonds. The van der Waals surface area contributed by atoms with Gasteiger partial charge in [-0.3, -0.25) is 9.79 Å². The fourth-order valence-corrected chi connectivity index (χ4v) is 4.98. The summed E-state index contributed by atoms with van der Waals surface area (Å²) < 4.78 is 0. The third-order valence-corrected chi connectivity index (χ3v) is 7.23. The zero-order chi connectivity index (χ0) is 28.1.